The highest BCUT2D eigenvalue weighted by atomic mass is 35.5. The van der Waals surface area contributed by atoms with Gasteiger partial charge in [0.15, 0.2) is 0 Å². The van der Waals surface area contributed by atoms with Gasteiger partial charge in [0.05, 0.1) is 5.02 Å². The maximum Gasteiger partial charge on any atom is 0.404 e. The van der Waals surface area contributed by atoms with Crippen LogP contribution < -0.4 is 5.32 Å². The third kappa shape index (κ3) is 3.98. The van der Waals surface area contributed by atoms with Gasteiger partial charge < -0.3 is 15.5 Å². The number of rotatable bonds is 4. The van der Waals surface area contributed by atoms with Crippen LogP contribution in [-0.2, 0) is 6.42 Å². The van der Waals surface area contributed by atoms with Gasteiger partial charge in [-0.2, -0.15) is 0 Å². The van der Waals surface area contributed by atoms with Gasteiger partial charge in [0, 0.05) is 6.04 Å². The van der Waals surface area contributed by atoms with E-state index in [2.05, 4.69) is 5.32 Å². The molecule has 0 bridgehead atoms. The second-order valence-electron chi connectivity index (χ2n) is 3.67. The molecule has 0 aliphatic heterocycles. The van der Waals surface area contributed by atoms with Crippen molar-refractivity contribution >= 4 is 17.7 Å². The molecule has 3 N–H and O–H groups in total. The Balaban J connectivity index is 2.48. The van der Waals surface area contributed by atoms with Crippen LogP contribution in [0, 0.1) is 0 Å². The topological polar surface area (TPSA) is 69.6 Å². The molecule has 0 aliphatic rings. The maximum absolute atomic E-state index is 10.4. The summed E-state index contributed by atoms with van der Waals surface area (Å²) < 4.78 is 0. The molecule has 1 aromatic rings. The van der Waals surface area contributed by atoms with E-state index in [9.17, 15) is 9.90 Å². The van der Waals surface area contributed by atoms with Crippen LogP contribution >= 0.6 is 11.6 Å². The Labute approximate surface area is 98.9 Å². The number of halogens is 1. The highest BCUT2D eigenvalue weighted by Crippen LogP contribution is 2.24. The Morgan fingerprint density at radius 2 is 2.25 bits per heavy atom. The van der Waals surface area contributed by atoms with Crippen LogP contribution in [0.25, 0.3) is 0 Å². The molecule has 4 nitrogen and oxygen atoms in total. The first-order valence-corrected chi connectivity index (χ1v) is 5.33. The SMILES string of the molecule is C[C@@H](CCc1ccc(Cl)c(O)c1)NC(=O)O. The quantitative estimate of drug-likeness (QED) is 0.761. The van der Waals surface area contributed by atoms with Crippen molar-refractivity contribution in [3.05, 3.63) is 28.8 Å². The van der Waals surface area contributed by atoms with E-state index in [1.165, 1.54) is 0 Å². The summed E-state index contributed by atoms with van der Waals surface area (Å²) in [4.78, 5) is 10.4. The molecule has 0 spiro atoms. The van der Waals surface area contributed by atoms with E-state index < -0.39 is 6.09 Å². The number of hydrogen-bond acceptors (Lipinski definition) is 2. The van der Waals surface area contributed by atoms with Crippen molar-refractivity contribution in [2.75, 3.05) is 0 Å². The zero-order valence-corrected chi connectivity index (χ0v) is 9.66. The third-order valence-electron chi connectivity index (χ3n) is 2.25. The zero-order chi connectivity index (χ0) is 12.1. The Bertz CT molecular complexity index is 381. The molecular formula is C11H14ClNO3. The van der Waals surface area contributed by atoms with Gasteiger partial charge in [-0.15, -0.1) is 0 Å². The smallest absolute Gasteiger partial charge is 0.404 e. The van der Waals surface area contributed by atoms with E-state index in [0.717, 1.165) is 5.56 Å². The number of nitrogens with one attached hydrogen (secondary N) is 1. The molecule has 16 heavy (non-hydrogen) atoms. The molecule has 0 heterocycles. The van der Waals surface area contributed by atoms with Crippen molar-refractivity contribution in [1.82, 2.24) is 5.32 Å². The molecule has 0 aliphatic carbocycles. The Morgan fingerprint density at radius 1 is 1.56 bits per heavy atom. The Hall–Kier alpha value is -1.42. The van der Waals surface area contributed by atoms with E-state index in [0.29, 0.717) is 17.9 Å². The van der Waals surface area contributed by atoms with E-state index >= 15 is 0 Å². The number of phenolic OH excluding ortho intramolecular Hbond substituents is 1. The van der Waals surface area contributed by atoms with Crippen molar-refractivity contribution < 1.29 is 15.0 Å². The maximum atomic E-state index is 10.4. The highest BCUT2D eigenvalue weighted by molar-refractivity contribution is 6.31. The summed E-state index contributed by atoms with van der Waals surface area (Å²) in [5.74, 6) is 0.0537. The number of benzene rings is 1. The molecule has 0 fully saturated rings. The number of carboxylic acid groups (broad SMARTS) is 1. The van der Waals surface area contributed by atoms with Gasteiger partial charge in [0.1, 0.15) is 5.75 Å². The van der Waals surface area contributed by atoms with Crippen LogP contribution in [-0.4, -0.2) is 22.3 Å². The number of aryl methyl sites for hydroxylation is 1. The molecule has 5 heteroatoms. The molecule has 0 aromatic heterocycles. The van der Waals surface area contributed by atoms with Gasteiger partial charge in [0.25, 0.3) is 0 Å². The Morgan fingerprint density at radius 3 is 2.81 bits per heavy atom. The molecule has 1 amide bonds. The molecule has 88 valence electrons. The first-order valence-electron chi connectivity index (χ1n) is 4.96. The zero-order valence-electron chi connectivity index (χ0n) is 8.90. The van der Waals surface area contributed by atoms with E-state index in [4.69, 9.17) is 16.7 Å². The minimum absolute atomic E-state index is 0.0537. The molecule has 1 aromatic carbocycles. The summed E-state index contributed by atoms with van der Waals surface area (Å²) in [6.07, 6.45) is 0.339. The molecule has 0 saturated heterocycles. The fourth-order valence-electron chi connectivity index (χ4n) is 1.38. The van der Waals surface area contributed by atoms with Crippen molar-refractivity contribution in [1.29, 1.82) is 0 Å². The fourth-order valence-corrected chi connectivity index (χ4v) is 1.50. The Kier molecular flexibility index (Phi) is 4.43. The van der Waals surface area contributed by atoms with Crippen LogP contribution in [0.5, 0.6) is 5.75 Å². The van der Waals surface area contributed by atoms with Gasteiger partial charge in [-0.25, -0.2) is 4.79 Å². The first-order chi connectivity index (χ1) is 7.49. The number of phenols is 1. The molecule has 1 rings (SSSR count). The lowest BCUT2D eigenvalue weighted by Gasteiger charge is -2.11. The number of aromatic hydroxyl groups is 1. The second kappa shape index (κ2) is 5.61. The van der Waals surface area contributed by atoms with Gasteiger partial charge in [0.2, 0.25) is 0 Å². The monoisotopic (exact) mass is 243 g/mol. The minimum Gasteiger partial charge on any atom is -0.506 e. The lowest BCUT2D eigenvalue weighted by Crippen LogP contribution is -2.31. The number of carbonyl (C=O) groups is 1. The molecular weight excluding hydrogens is 230 g/mol. The average Bonchev–Trinajstić information content (AvgIpc) is 2.19. The summed E-state index contributed by atoms with van der Waals surface area (Å²) in [6.45, 7) is 1.80. The molecule has 1 atom stereocenters. The van der Waals surface area contributed by atoms with E-state index in [1.807, 2.05) is 6.07 Å². The second-order valence-corrected chi connectivity index (χ2v) is 4.08. The summed E-state index contributed by atoms with van der Waals surface area (Å²) in [5.41, 5.74) is 0.931. The summed E-state index contributed by atoms with van der Waals surface area (Å²) in [6, 6.07) is 4.92. The minimum atomic E-state index is -1.02. The van der Waals surface area contributed by atoms with Gasteiger partial charge in [-0.1, -0.05) is 17.7 Å². The summed E-state index contributed by atoms with van der Waals surface area (Å²) >= 11 is 5.67. The predicted octanol–water partition coefficient (Wildman–Crippen LogP) is 2.63. The first kappa shape index (κ1) is 12.6. The lowest BCUT2D eigenvalue weighted by molar-refractivity contribution is 0.190. The summed E-state index contributed by atoms with van der Waals surface area (Å²) in [7, 11) is 0. The van der Waals surface area contributed by atoms with E-state index in [1.54, 1.807) is 19.1 Å². The molecule has 0 radical (unpaired) electrons. The van der Waals surface area contributed by atoms with Crippen molar-refractivity contribution in [2.24, 2.45) is 0 Å². The largest absolute Gasteiger partial charge is 0.506 e. The van der Waals surface area contributed by atoms with Gasteiger partial charge in [-0.3, -0.25) is 0 Å². The van der Waals surface area contributed by atoms with Gasteiger partial charge in [-0.05, 0) is 37.5 Å². The van der Waals surface area contributed by atoms with Gasteiger partial charge >= 0.3 is 6.09 Å². The average molecular weight is 244 g/mol. The normalized spacial score (nSPS) is 12.1. The van der Waals surface area contributed by atoms with Crippen LogP contribution in [0.2, 0.25) is 5.02 Å². The van der Waals surface area contributed by atoms with Crippen LogP contribution in [0.15, 0.2) is 18.2 Å². The van der Waals surface area contributed by atoms with E-state index in [-0.39, 0.29) is 11.8 Å². The van der Waals surface area contributed by atoms with Crippen molar-refractivity contribution in [3.8, 4) is 5.75 Å². The van der Waals surface area contributed by atoms with Crippen LogP contribution in [0.1, 0.15) is 18.9 Å². The van der Waals surface area contributed by atoms with Crippen molar-refractivity contribution in [3.63, 3.8) is 0 Å². The number of amides is 1. The lowest BCUT2D eigenvalue weighted by atomic mass is 10.1. The predicted molar refractivity (Wildman–Crippen MR) is 62.1 cm³/mol. The third-order valence-corrected chi connectivity index (χ3v) is 2.57. The number of hydrogen-bond donors (Lipinski definition) is 3. The van der Waals surface area contributed by atoms with Crippen LogP contribution in [0.4, 0.5) is 4.79 Å². The molecule has 0 saturated carbocycles. The van der Waals surface area contributed by atoms with Crippen LogP contribution in [0.3, 0.4) is 0 Å². The van der Waals surface area contributed by atoms with Crippen molar-refractivity contribution in [2.45, 2.75) is 25.8 Å². The fraction of sp³-hybridized carbons (Fsp3) is 0.364. The standard InChI is InChI=1S/C11H14ClNO3/c1-7(13-11(15)16)2-3-8-4-5-9(12)10(14)6-8/h4-7,13-14H,2-3H2,1H3,(H,15,16)/t7-/m0/s1. The highest BCUT2D eigenvalue weighted by Gasteiger charge is 2.06. The molecule has 0 unspecified atom stereocenters. The summed E-state index contributed by atoms with van der Waals surface area (Å²) in [5, 5.41) is 20.5.